The molecular formula is C13H12N2O. The quantitative estimate of drug-likeness (QED) is 0.708. The number of hydrogen-bond acceptors (Lipinski definition) is 3. The Balaban J connectivity index is 3.53. The van der Waals surface area contributed by atoms with Crippen LogP contribution in [0.3, 0.4) is 0 Å². The van der Waals surface area contributed by atoms with Gasteiger partial charge >= 0.3 is 0 Å². The van der Waals surface area contributed by atoms with Crippen molar-refractivity contribution in [3.05, 3.63) is 34.4 Å². The van der Waals surface area contributed by atoms with Crippen LogP contribution in [-0.2, 0) is 0 Å². The number of nitriles is 2. The molecule has 3 heteroatoms. The predicted octanol–water partition coefficient (Wildman–Crippen LogP) is 2.72. The smallest absolute Gasteiger partial charge is 0.140 e. The zero-order chi connectivity index (χ0) is 12.1. The summed E-state index contributed by atoms with van der Waals surface area (Å²) in [5, 5.41) is 17.6. The molecule has 0 atom stereocenters. The lowest BCUT2D eigenvalue weighted by molar-refractivity contribution is 0.410. The summed E-state index contributed by atoms with van der Waals surface area (Å²) in [6, 6.07) is 5.89. The molecule has 3 nitrogen and oxygen atoms in total. The van der Waals surface area contributed by atoms with Crippen molar-refractivity contribution in [3.8, 4) is 17.9 Å². The minimum atomic E-state index is 0.470. The third-order valence-corrected chi connectivity index (χ3v) is 2.47. The van der Waals surface area contributed by atoms with E-state index in [1.54, 1.807) is 13.2 Å². The first-order chi connectivity index (χ1) is 7.65. The zero-order valence-corrected chi connectivity index (χ0v) is 9.53. The van der Waals surface area contributed by atoms with Gasteiger partial charge in [0, 0.05) is 6.08 Å². The molecule has 80 valence electrons. The molecule has 1 aromatic carbocycles. The van der Waals surface area contributed by atoms with Crippen LogP contribution in [0.5, 0.6) is 5.75 Å². The predicted molar refractivity (Wildman–Crippen MR) is 61.8 cm³/mol. The fourth-order valence-corrected chi connectivity index (χ4v) is 1.54. The second-order valence-corrected chi connectivity index (χ2v) is 3.39. The highest BCUT2D eigenvalue weighted by Crippen LogP contribution is 2.29. The number of allylic oxidation sites excluding steroid dienone is 1. The highest BCUT2D eigenvalue weighted by molar-refractivity contribution is 5.67. The summed E-state index contributed by atoms with van der Waals surface area (Å²) in [6.07, 6.45) is 2.97. The Hall–Kier alpha value is -2.26. The number of benzene rings is 1. The molecule has 0 spiro atoms. The second-order valence-electron chi connectivity index (χ2n) is 3.39. The Morgan fingerprint density at radius 3 is 2.50 bits per heavy atom. The van der Waals surface area contributed by atoms with Crippen LogP contribution in [0, 0.1) is 36.5 Å². The third-order valence-electron chi connectivity index (χ3n) is 2.47. The van der Waals surface area contributed by atoms with Crippen molar-refractivity contribution in [2.45, 2.75) is 13.8 Å². The first kappa shape index (κ1) is 11.8. The van der Waals surface area contributed by atoms with Crippen LogP contribution in [0.4, 0.5) is 0 Å². The molecule has 0 heterocycles. The highest BCUT2D eigenvalue weighted by atomic mass is 16.5. The van der Waals surface area contributed by atoms with E-state index in [1.165, 1.54) is 6.08 Å². The van der Waals surface area contributed by atoms with Gasteiger partial charge in [0.1, 0.15) is 17.4 Å². The Morgan fingerprint density at radius 1 is 1.31 bits per heavy atom. The first-order valence-electron chi connectivity index (χ1n) is 4.80. The molecule has 0 aromatic heterocycles. The van der Waals surface area contributed by atoms with E-state index in [0.717, 1.165) is 11.1 Å². The molecule has 0 fully saturated rings. The largest absolute Gasteiger partial charge is 0.495 e. The van der Waals surface area contributed by atoms with E-state index in [4.69, 9.17) is 15.3 Å². The summed E-state index contributed by atoms with van der Waals surface area (Å²) in [5.41, 5.74) is 3.17. The van der Waals surface area contributed by atoms with Gasteiger partial charge in [0.05, 0.1) is 13.2 Å². The van der Waals surface area contributed by atoms with Gasteiger partial charge in [-0.1, -0.05) is 6.07 Å². The Bertz CT molecular complexity index is 516. The van der Waals surface area contributed by atoms with Crippen molar-refractivity contribution in [2.75, 3.05) is 7.11 Å². The number of rotatable bonds is 2. The molecule has 0 saturated carbocycles. The van der Waals surface area contributed by atoms with Crippen molar-refractivity contribution in [1.29, 1.82) is 10.5 Å². The molecule has 0 aliphatic rings. The molecular weight excluding hydrogens is 200 g/mol. The van der Waals surface area contributed by atoms with Gasteiger partial charge in [-0.2, -0.15) is 10.5 Å². The van der Waals surface area contributed by atoms with Crippen LogP contribution in [0.25, 0.3) is 6.08 Å². The third kappa shape index (κ3) is 2.04. The maximum atomic E-state index is 9.10. The Kier molecular flexibility index (Phi) is 3.69. The summed E-state index contributed by atoms with van der Waals surface area (Å²) < 4.78 is 5.23. The highest BCUT2D eigenvalue weighted by Gasteiger charge is 2.12. The van der Waals surface area contributed by atoms with Crippen molar-refractivity contribution >= 4 is 6.08 Å². The monoisotopic (exact) mass is 212 g/mol. The van der Waals surface area contributed by atoms with Gasteiger partial charge in [0.15, 0.2) is 0 Å². The number of ether oxygens (including phenoxy) is 1. The number of aryl methyl sites for hydroxylation is 1. The standard InChI is InChI=1S/C13H12N2O/c1-9-7-11(5-4-6-14)12(8-15)13(16-3)10(9)2/h4-5,7H,1-3H3. The molecule has 0 aliphatic heterocycles. The molecule has 1 rings (SSSR count). The average molecular weight is 212 g/mol. The van der Waals surface area contributed by atoms with Crippen LogP contribution in [-0.4, -0.2) is 7.11 Å². The van der Waals surface area contributed by atoms with Crippen LogP contribution in [0.1, 0.15) is 22.3 Å². The number of methoxy groups -OCH3 is 1. The van der Waals surface area contributed by atoms with Crippen molar-refractivity contribution < 1.29 is 4.74 Å². The van der Waals surface area contributed by atoms with Crippen LogP contribution >= 0.6 is 0 Å². The average Bonchev–Trinajstić information content (AvgIpc) is 2.29. The topological polar surface area (TPSA) is 56.8 Å². The van der Waals surface area contributed by atoms with E-state index in [-0.39, 0.29) is 0 Å². The lowest BCUT2D eigenvalue weighted by atomic mass is 9.98. The molecule has 0 bridgehead atoms. The Morgan fingerprint density at radius 2 is 2.00 bits per heavy atom. The van der Waals surface area contributed by atoms with Crippen molar-refractivity contribution in [2.24, 2.45) is 0 Å². The van der Waals surface area contributed by atoms with Gasteiger partial charge in [-0.3, -0.25) is 0 Å². The summed E-state index contributed by atoms with van der Waals surface area (Å²) >= 11 is 0. The van der Waals surface area contributed by atoms with Crippen molar-refractivity contribution in [1.82, 2.24) is 0 Å². The van der Waals surface area contributed by atoms with Gasteiger partial charge in [-0.15, -0.1) is 0 Å². The maximum absolute atomic E-state index is 9.10. The molecule has 1 aromatic rings. The second kappa shape index (κ2) is 5.00. The van der Waals surface area contributed by atoms with Gasteiger partial charge in [-0.25, -0.2) is 0 Å². The summed E-state index contributed by atoms with van der Waals surface area (Å²) in [5.74, 6) is 0.583. The normalized spacial score (nSPS) is 9.81. The minimum absolute atomic E-state index is 0.470. The molecule has 16 heavy (non-hydrogen) atoms. The number of nitrogens with zero attached hydrogens (tertiary/aromatic N) is 2. The molecule has 0 amide bonds. The molecule has 0 N–H and O–H groups in total. The van der Waals surface area contributed by atoms with Gasteiger partial charge in [-0.05, 0) is 36.6 Å². The van der Waals surface area contributed by atoms with Crippen molar-refractivity contribution in [3.63, 3.8) is 0 Å². The van der Waals surface area contributed by atoms with Crippen LogP contribution in [0.15, 0.2) is 12.1 Å². The molecule has 0 radical (unpaired) electrons. The van der Waals surface area contributed by atoms with E-state index < -0.39 is 0 Å². The maximum Gasteiger partial charge on any atom is 0.140 e. The summed E-state index contributed by atoms with van der Waals surface area (Å²) in [7, 11) is 1.54. The summed E-state index contributed by atoms with van der Waals surface area (Å²) in [4.78, 5) is 0. The Labute approximate surface area is 95.2 Å². The molecule has 0 aliphatic carbocycles. The van der Waals surface area contributed by atoms with Crippen LogP contribution in [0.2, 0.25) is 0 Å². The fourth-order valence-electron chi connectivity index (χ4n) is 1.54. The fraction of sp³-hybridized carbons (Fsp3) is 0.231. The lowest BCUT2D eigenvalue weighted by Crippen LogP contribution is -1.97. The van der Waals surface area contributed by atoms with Gasteiger partial charge < -0.3 is 4.74 Å². The molecule has 0 saturated heterocycles. The number of hydrogen-bond donors (Lipinski definition) is 0. The SMILES string of the molecule is COc1c(C)c(C)cc(C=CC#N)c1C#N. The first-order valence-corrected chi connectivity index (χ1v) is 4.80. The van der Waals surface area contributed by atoms with E-state index in [9.17, 15) is 0 Å². The van der Waals surface area contributed by atoms with E-state index in [1.807, 2.05) is 26.0 Å². The lowest BCUT2D eigenvalue weighted by Gasteiger charge is -2.11. The van der Waals surface area contributed by atoms with E-state index >= 15 is 0 Å². The van der Waals surface area contributed by atoms with Gasteiger partial charge in [0.25, 0.3) is 0 Å². The van der Waals surface area contributed by atoms with E-state index in [0.29, 0.717) is 16.9 Å². The zero-order valence-electron chi connectivity index (χ0n) is 9.53. The summed E-state index contributed by atoms with van der Waals surface area (Å²) in [6.45, 7) is 3.86. The molecule has 0 unspecified atom stereocenters. The van der Waals surface area contributed by atoms with Gasteiger partial charge in [0.2, 0.25) is 0 Å². The minimum Gasteiger partial charge on any atom is -0.495 e. The van der Waals surface area contributed by atoms with E-state index in [2.05, 4.69) is 6.07 Å². The van der Waals surface area contributed by atoms with Crippen LogP contribution < -0.4 is 4.74 Å².